The van der Waals surface area contributed by atoms with Crippen LogP contribution in [0.1, 0.15) is 40.9 Å². The average Bonchev–Trinajstić information content (AvgIpc) is 3.72. The third kappa shape index (κ3) is 7.33. The quantitative estimate of drug-likeness (QED) is 0.209. The zero-order valence-corrected chi connectivity index (χ0v) is 20.8. The number of rotatable bonds is 12. The highest BCUT2D eigenvalue weighted by atomic mass is 32.2. The summed E-state index contributed by atoms with van der Waals surface area (Å²) in [6, 6.07) is 18.1. The summed E-state index contributed by atoms with van der Waals surface area (Å²) >= 11 is 0. The normalized spacial score (nSPS) is 15.0. The van der Waals surface area contributed by atoms with Crippen LogP contribution in [0.3, 0.4) is 0 Å². The Bertz CT molecular complexity index is 1330. The highest BCUT2D eigenvalue weighted by Gasteiger charge is 2.35. The Balaban J connectivity index is 1.57. The molecule has 1 amide bonds. The highest BCUT2D eigenvalue weighted by molar-refractivity contribution is 7.89. The summed E-state index contributed by atoms with van der Waals surface area (Å²) in [6.45, 7) is 0. The Labute approximate surface area is 216 Å². The van der Waals surface area contributed by atoms with E-state index in [4.69, 9.17) is 0 Å². The molecule has 3 aromatic rings. The van der Waals surface area contributed by atoms with Crippen LogP contribution < -0.4 is 10.0 Å². The van der Waals surface area contributed by atoms with Crippen molar-refractivity contribution in [3.63, 3.8) is 0 Å². The minimum Gasteiger partial charge on any atom is -0.426 e. The summed E-state index contributed by atoms with van der Waals surface area (Å²) in [6.07, 6.45) is 3.81. The lowest BCUT2D eigenvalue weighted by atomic mass is 9.76. The first-order valence-electron chi connectivity index (χ1n) is 12.0. The van der Waals surface area contributed by atoms with Crippen molar-refractivity contribution in [1.82, 2.24) is 15.0 Å². The summed E-state index contributed by atoms with van der Waals surface area (Å²) in [5.74, 6) is -1.72. The van der Waals surface area contributed by atoms with Gasteiger partial charge in [0, 0.05) is 11.8 Å². The lowest BCUT2D eigenvalue weighted by molar-refractivity contribution is -0.123. The first-order valence-corrected chi connectivity index (χ1v) is 13.5. The number of hydrogen-bond donors (Lipinski definition) is 4. The fourth-order valence-electron chi connectivity index (χ4n) is 3.99. The molecular formula is C26H28BN3O6S. The van der Waals surface area contributed by atoms with Crippen LogP contribution in [0.2, 0.25) is 0 Å². The number of nitrogens with zero attached hydrogens (tertiary/aromatic N) is 1. The molecule has 2 atom stereocenters. The number of nitrogens with one attached hydrogen (secondary N) is 2. The van der Waals surface area contributed by atoms with Gasteiger partial charge in [-0.1, -0.05) is 61.4 Å². The summed E-state index contributed by atoms with van der Waals surface area (Å²) in [5.41, 5.74) is 1.03. The van der Waals surface area contributed by atoms with Gasteiger partial charge in [0.05, 0.1) is 10.8 Å². The van der Waals surface area contributed by atoms with Crippen LogP contribution in [0.25, 0.3) is 0 Å². The van der Waals surface area contributed by atoms with Gasteiger partial charge in [0.2, 0.25) is 21.7 Å². The molecule has 2 aromatic carbocycles. The van der Waals surface area contributed by atoms with Crippen LogP contribution in [0, 0.1) is 5.92 Å². The third-order valence-electron chi connectivity index (χ3n) is 6.17. The smallest absolute Gasteiger partial charge is 0.426 e. The van der Waals surface area contributed by atoms with E-state index >= 15 is 0 Å². The molecular weight excluding hydrogens is 493 g/mol. The predicted octanol–water partition coefficient (Wildman–Crippen LogP) is 1.50. The van der Waals surface area contributed by atoms with E-state index in [0.29, 0.717) is 17.9 Å². The molecule has 11 heteroatoms. The van der Waals surface area contributed by atoms with Crippen LogP contribution in [-0.2, 0) is 21.2 Å². The van der Waals surface area contributed by atoms with Crippen molar-refractivity contribution in [1.29, 1.82) is 0 Å². The van der Waals surface area contributed by atoms with Gasteiger partial charge in [0.25, 0.3) is 0 Å². The van der Waals surface area contributed by atoms with Gasteiger partial charge < -0.3 is 15.4 Å². The van der Waals surface area contributed by atoms with E-state index in [9.17, 15) is 28.1 Å². The zero-order chi connectivity index (χ0) is 26.4. The van der Waals surface area contributed by atoms with Crippen molar-refractivity contribution in [2.45, 2.75) is 42.6 Å². The lowest BCUT2D eigenvalue weighted by Gasteiger charge is -2.23. The van der Waals surface area contributed by atoms with E-state index in [-0.39, 0.29) is 22.6 Å². The first kappa shape index (κ1) is 26.7. The molecule has 1 heterocycles. The number of hydrogen-bond acceptors (Lipinski definition) is 7. The molecule has 0 saturated heterocycles. The fraction of sp³-hybridized carbons (Fsp3) is 0.269. The molecule has 9 nitrogen and oxygen atoms in total. The van der Waals surface area contributed by atoms with E-state index in [2.05, 4.69) is 15.0 Å². The molecule has 1 aliphatic carbocycles. The molecule has 1 fully saturated rings. The number of sulfonamides is 1. The monoisotopic (exact) mass is 521 g/mol. The van der Waals surface area contributed by atoms with Crippen molar-refractivity contribution in [2.75, 3.05) is 0 Å². The van der Waals surface area contributed by atoms with Gasteiger partial charge in [-0.05, 0) is 48.6 Å². The molecule has 0 bridgehead atoms. The standard InChI is InChI=1S/C26H28BN3O6S/c31-25(22-11-4-5-14-28-22)20-9-6-10-21(17-20)37(35,36)30-23(15-18-7-2-1-3-8-18)26(32)29-24(27(33)34)16-19-12-13-19/h1-11,14,17,19,23-24,30,33-34H,12-13,15-16H2,(H,29,32). The van der Waals surface area contributed by atoms with E-state index in [1.54, 1.807) is 42.5 Å². The highest BCUT2D eigenvalue weighted by Crippen LogP contribution is 2.33. The molecule has 2 unspecified atom stereocenters. The van der Waals surface area contributed by atoms with Crippen LogP contribution in [-0.4, -0.2) is 54.2 Å². The lowest BCUT2D eigenvalue weighted by Crippen LogP contribution is -2.54. The van der Waals surface area contributed by atoms with Gasteiger partial charge in [0.15, 0.2) is 0 Å². The van der Waals surface area contributed by atoms with Gasteiger partial charge in [-0.3, -0.25) is 14.6 Å². The van der Waals surface area contributed by atoms with Crippen LogP contribution >= 0.6 is 0 Å². The maximum absolute atomic E-state index is 13.3. The second-order valence-electron chi connectivity index (χ2n) is 9.14. The van der Waals surface area contributed by atoms with E-state index < -0.39 is 40.8 Å². The summed E-state index contributed by atoms with van der Waals surface area (Å²) < 4.78 is 29.1. The molecule has 0 spiro atoms. The van der Waals surface area contributed by atoms with E-state index in [1.807, 2.05) is 0 Å². The fourth-order valence-corrected chi connectivity index (χ4v) is 5.23. The Morgan fingerprint density at radius 3 is 2.38 bits per heavy atom. The third-order valence-corrected chi connectivity index (χ3v) is 7.64. The van der Waals surface area contributed by atoms with Crippen LogP contribution in [0.15, 0.2) is 83.9 Å². The Morgan fingerprint density at radius 2 is 1.73 bits per heavy atom. The van der Waals surface area contributed by atoms with Crippen molar-refractivity contribution < 1.29 is 28.1 Å². The van der Waals surface area contributed by atoms with Gasteiger partial charge in [0.1, 0.15) is 11.7 Å². The maximum atomic E-state index is 13.3. The van der Waals surface area contributed by atoms with Gasteiger partial charge in [-0.15, -0.1) is 0 Å². The van der Waals surface area contributed by atoms with Crippen LogP contribution in [0.5, 0.6) is 0 Å². The number of carbonyl (C=O) groups is 2. The largest absolute Gasteiger partial charge is 0.475 e. The summed E-state index contributed by atoms with van der Waals surface area (Å²) in [4.78, 5) is 29.8. The number of ketones is 1. The van der Waals surface area contributed by atoms with E-state index in [1.165, 1.54) is 36.5 Å². The summed E-state index contributed by atoms with van der Waals surface area (Å²) in [7, 11) is -6.01. The topological polar surface area (TPSA) is 146 Å². The van der Waals surface area contributed by atoms with Crippen LogP contribution in [0.4, 0.5) is 0 Å². The molecule has 0 radical (unpaired) electrons. The minimum atomic E-state index is -4.24. The van der Waals surface area contributed by atoms with Gasteiger partial charge >= 0.3 is 7.12 Å². The zero-order valence-electron chi connectivity index (χ0n) is 20.0. The van der Waals surface area contributed by atoms with E-state index in [0.717, 1.165) is 12.8 Å². The minimum absolute atomic E-state index is 0.0378. The van der Waals surface area contributed by atoms with Gasteiger partial charge in [-0.25, -0.2) is 8.42 Å². The SMILES string of the molecule is O=C(c1cccc(S(=O)(=O)NC(Cc2ccccc2)C(=O)NC(CC2CC2)B(O)O)c1)c1ccccn1. The molecule has 4 rings (SSSR count). The van der Waals surface area contributed by atoms with Crippen molar-refractivity contribution >= 4 is 28.8 Å². The average molecular weight is 521 g/mol. The van der Waals surface area contributed by atoms with Crippen molar-refractivity contribution in [3.05, 3.63) is 95.8 Å². The Morgan fingerprint density at radius 1 is 1.00 bits per heavy atom. The number of aromatic nitrogens is 1. The predicted molar refractivity (Wildman–Crippen MR) is 138 cm³/mol. The Kier molecular flexibility index (Phi) is 8.50. The van der Waals surface area contributed by atoms with Gasteiger partial charge in [-0.2, -0.15) is 4.72 Å². The molecule has 0 aliphatic heterocycles. The van der Waals surface area contributed by atoms with Crippen molar-refractivity contribution in [2.24, 2.45) is 5.92 Å². The molecule has 37 heavy (non-hydrogen) atoms. The molecule has 192 valence electrons. The molecule has 1 aromatic heterocycles. The first-order chi connectivity index (χ1) is 17.7. The second-order valence-corrected chi connectivity index (χ2v) is 10.9. The number of pyridine rings is 1. The number of benzene rings is 2. The van der Waals surface area contributed by atoms with Crippen molar-refractivity contribution in [3.8, 4) is 0 Å². The molecule has 1 aliphatic rings. The molecule has 4 N–H and O–H groups in total. The second kappa shape index (κ2) is 11.8. The summed E-state index contributed by atoms with van der Waals surface area (Å²) in [5, 5.41) is 22.1. The molecule has 1 saturated carbocycles. The number of carbonyl (C=O) groups excluding carboxylic acids is 2. The maximum Gasteiger partial charge on any atom is 0.475 e. The number of amides is 1. The Hall–Kier alpha value is -3.38.